The van der Waals surface area contributed by atoms with Crippen molar-refractivity contribution in [3.8, 4) is 0 Å². The maximum atomic E-state index is 12.4. The van der Waals surface area contributed by atoms with E-state index in [1.54, 1.807) is 20.8 Å². The lowest BCUT2D eigenvalue weighted by molar-refractivity contribution is -0.142. The highest BCUT2D eigenvalue weighted by atomic mass is 16.6. The molecule has 1 atom stereocenters. The molecule has 0 saturated carbocycles. The third kappa shape index (κ3) is 6.47. The van der Waals surface area contributed by atoms with Gasteiger partial charge in [-0.1, -0.05) is 30.3 Å². The number of benzene rings is 1. The second kappa shape index (κ2) is 8.75. The van der Waals surface area contributed by atoms with Crippen molar-refractivity contribution in [1.82, 2.24) is 9.80 Å². The summed E-state index contributed by atoms with van der Waals surface area (Å²) in [6.07, 6.45) is -1.19. The molecule has 1 aromatic rings. The van der Waals surface area contributed by atoms with Gasteiger partial charge in [0.25, 0.3) is 0 Å². The fourth-order valence-corrected chi connectivity index (χ4v) is 2.64. The number of ether oxygens (including phenoxy) is 2. The second-order valence-corrected chi connectivity index (χ2v) is 7.45. The Morgan fingerprint density at radius 3 is 2.11 bits per heavy atom. The summed E-state index contributed by atoms with van der Waals surface area (Å²) in [7, 11) is 0. The van der Waals surface area contributed by atoms with Gasteiger partial charge in [-0.15, -0.1) is 0 Å². The van der Waals surface area contributed by atoms with Gasteiger partial charge in [-0.3, -0.25) is 4.79 Å². The van der Waals surface area contributed by atoms with Crippen LogP contribution in [0, 0.1) is 5.92 Å². The Morgan fingerprint density at radius 2 is 1.59 bits per heavy atom. The molecular weight excluding hydrogens is 352 g/mol. The molecule has 0 spiro atoms. The fourth-order valence-electron chi connectivity index (χ4n) is 2.64. The van der Waals surface area contributed by atoms with Crippen LogP contribution in [0.3, 0.4) is 0 Å². The van der Waals surface area contributed by atoms with Crippen molar-refractivity contribution < 1.29 is 29.0 Å². The number of nitrogens with zero attached hydrogens (tertiary/aromatic N) is 2. The fraction of sp³-hybridized carbons (Fsp3) is 0.526. The zero-order valence-electron chi connectivity index (χ0n) is 15.9. The SMILES string of the molecule is CC(C)(C)OC(=O)N1CCN(C(=O)OCc2ccccc2)CC(C(=O)O)C1. The van der Waals surface area contributed by atoms with Gasteiger partial charge in [0.15, 0.2) is 0 Å². The second-order valence-electron chi connectivity index (χ2n) is 7.45. The van der Waals surface area contributed by atoms with E-state index in [1.165, 1.54) is 9.80 Å². The van der Waals surface area contributed by atoms with E-state index in [0.29, 0.717) is 0 Å². The number of carbonyl (C=O) groups excluding carboxylic acids is 2. The highest BCUT2D eigenvalue weighted by molar-refractivity contribution is 5.75. The number of hydrogen-bond donors (Lipinski definition) is 1. The summed E-state index contributed by atoms with van der Waals surface area (Å²) in [6.45, 7) is 5.63. The molecule has 1 fully saturated rings. The number of carbonyl (C=O) groups is 3. The summed E-state index contributed by atoms with van der Waals surface area (Å²) in [6, 6.07) is 9.21. The largest absolute Gasteiger partial charge is 0.481 e. The maximum Gasteiger partial charge on any atom is 0.410 e. The van der Waals surface area contributed by atoms with Gasteiger partial charge in [0.2, 0.25) is 0 Å². The molecule has 27 heavy (non-hydrogen) atoms. The number of hydrogen-bond acceptors (Lipinski definition) is 5. The van der Waals surface area contributed by atoms with Gasteiger partial charge in [0.1, 0.15) is 12.2 Å². The number of carboxylic acid groups (broad SMARTS) is 1. The van der Waals surface area contributed by atoms with Gasteiger partial charge in [0, 0.05) is 26.2 Å². The topological polar surface area (TPSA) is 96.4 Å². The average Bonchev–Trinajstić information content (AvgIpc) is 2.82. The molecule has 0 bridgehead atoms. The van der Waals surface area contributed by atoms with Gasteiger partial charge in [0.05, 0.1) is 5.92 Å². The van der Waals surface area contributed by atoms with E-state index in [-0.39, 0.29) is 32.8 Å². The Morgan fingerprint density at radius 1 is 1.04 bits per heavy atom. The van der Waals surface area contributed by atoms with Crippen LogP contribution in [-0.2, 0) is 20.9 Å². The van der Waals surface area contributed by atoms with Crippen molar-refractivity contribution in [3.63, 3.8) is 0 Å². The van der Waals surface area contributed by atoms with Crippen LogP contribution in [0.2, 0.25) is 0 Å². The summed E-state index contributed by atoms with van der Waals surface area (Å²) < 4.78 is 10.6. The smallest absolute Gasteiger partial charge is 0.410 e. The molecule has 8 heteroatoms. The van der Waals surface area contributed by atoms with Gasteiger partial charge < -0.3 is 24.4 Å². The summed E-state index contributed by atoms with van der Waals surface area (Å²) in [4.78, 5) is 38.9. The molecule has 1 aliphatic heterocycles. The van der Waals surface area contributed by atoms with Crippen molar-refractivity contribution in [2.75, 3.05) is 26.2 Å². The third-order valence-corrected chi connectivity index (χ3v) is 3.99. The van der Waals surface area contributed by atoms with Crippen LogP contribution in [0.15, 0.2) is 30.3 Å². The molecule has 1 aliphatic rings. The third-order valence-electron chi connectivity index (χ3n) is 3.99. The first-order valence-corrected chi connectivity index (χ1v) is 8.82. The minimum absolute atomic E-state index is 0.0211. The molecule has 2 amide bonds. The van der Waals surface area contributed by atoms with Crippen molar-refractivity contribution in [2.45, 2.75) is 33.0 Å². The van der Waals surface area contributed by atoms with E-state index < -0.39 is 29.7 Å². The minimum Gasteiger partial charge on any atom is -0.481 e. The predicted octanol–water partition coefficient (Wildman–Crippen LogP) is 2.58. The predicted molar refractivity (Wildman–Crippen MR) is 97.1 cm³/mol. The van der Waals surface area contributed by atoms with Crippen molar-refractivity contribution in [3.05, 3.63) is 35.9 Å². The molecular formula is C19H26N2O6. The molecule has 1 saturated heterocycles. The lowest BCUT2D eigenvalue weighted by Gasteiger charge is -2.27. The Kier molecular flexibility index (Phi) is 6.65. The Hall–Kier alpha value is -2.77. The number of amides is 2. The van der Waals surface area contributed by atoms with Crippen LogP contribution in [0.4, 0.5) is 9.59 Å². The van der Waals surface area contributed by atoms with E-state index in [1.807, 2.05) is 30.3 Å². The van der Waals surface area contributed by atoms with E-state index in [9.17, 15) is 19.5 Å². The normalized spacial score (nSPS) is 17.8. The van der Waals surface area contributed by atoms with Crippen LogP contribution in [0.25, 0.3) is 0 Å². The van der Waals surface area contributed by atoms with Gasteiger partial charge in [-0.25, -0.2) is 9.59 Å². The van der Waals surface area contributed by atoms with Crippen molar-refractivity contribution in [2.24, 2.45) is 5.92 Å². The molecule has 1 unspecified atom stereocenters. The zero-order valence-corrected chi connectivity index (χ0v) is 15.9. The minimum atomic E-state index is -1.08. The summed E-state index contributed by atoms with van der Waals surface area (Å²) in [5.41, 5.74) is 0.155. The highest BCUT2D eigenvalue weighted by Gasteiger charge is 2.34. The first-order valence-electron chi connectivity index (χ1n) is 8.82. The molecule has 1 N–H and O–H groups in total. The van der Waals surface area contributed by atoms with E-state index in [2.05, 4.69) is 0 Å². The Bertz CT molecular complexity index is 671. The lowest BCUT2D eigenvalue weighted by Crippen LogP contribution is -2.41. The van der Waals surface area contributed by atoms with E-state index in [4.69, 9.17) is 9.47 Å². The first kappa shape index (κ1) is 20.5. The molecule has 2 rings (SSSR count). The molecule has 0 radical (unpaired) electrons. The maximum absolute atomic E-state index is 12.4. The van der Waals surface area contributed by atoms with Crippen LogP contribution in [0.1, 0.15) is 26.3 Å². The summed E-state index contributed by atoms with van der Waals surface area (Å²) in [5.74, 6) is -1.99. The van der Waals surface area contributed by atoms with Crippen LogP contribution < -0.4 is 0 Å². The molecule has 0 aliphatic carbocycles. The number of carboxylic acids is 1. The number of rotatable bonds is 3. The summed E-state index contributed by atoms with van der Waals surface area (Å²) >= 11 is 0. The van der Waals surface area contributed by atoms with Crippen LogP contribution in [0.5, 0.6) is 0 Å². The van der Waals surface area contributed by atoms with Gasteiger partial charge in [-0.2, -0.15) is 0 Å². The molecule has 148 valence electrons. The van der Waals surface area contributed by atoms with Crippen molar-refractivity contribution in [1.29, 1.82) is 0 Å². The zero-order chi connectivity index (χ0) is 20.0. The Labute approximate surface area is 158 Å². The van der Waals surface area contributed by atoms with Crippen LogP contribution >= 0.6 is 0 Å². The van der Waals surface area contributed by atoms with E-state index in [0.717, 1.165) is 5.56 Å². The van der Waals surface area contributed by atoms with Crippen molar-refractivity contribution >= 4 is 18.2 Å². The highest BCUT2D eigenvalue weighted by Crippen LogP contribution is 2.16. The molecule has 0 aromatic heterocycles. The Balaban J connectivity index is 2.01. The standard InChI is InChI=1S/C19H26N2O6/c1-19(2,3)27-18(25)21-10-9-20(11-15(12-21)16(22)23)17(24)26-13-14-7-5-4-6-8-14/h4-8,15H,9-13H2,1-3H3,(H,22,23). The number of aliphatic carboxylic acids is 1. The molecule has 8 nitrogen and oxygen atoms in total. The van der Waals surface area contributed by atoms with Gasteiger partial charge >= 0.3 is 18.2 Å². The van der Waals surface area contributed by atoms with E-state index >= 15 is 0 Å². The molecule has 1 heterocycles. The average molecular weight is 378 g/mol. The quantitative estimate of drug-likeness (QED) is 0.868. The summed E-state index contributed by atoms with van der Waals surface area (Å²) in [5, 5.41) is 9.45. The monoisotopic (exact) mass is 378 g/mol. The molecule has 1 aromatic carbocycles. The first-order chi connectivity index (χ1) is 12.7. The van der Waals surface area contributed by atoms with Crippen LogP contribution in [-0.4, -0.2) is 64.8 Å². The lowest BCUT2D eigenvalue weighted by atomic mass is 10.1. The van der Waals surface area contributed by atoms with Gasteiger partial charge in [-0.05, 0) is 26.3 Å².